The van der Waals surface area contributed by atoms with Gasteiger partial charge in [-0.1, -0.05) is 12.1 Å². The highest BCUT2D eigenvalue weighted by Gasteiger charge is 2.06. The number of benzene rings is 1. The van der Waals surface area contributed by atoms with Crippen LogP contribution in [0.4, 0.5) is 11.4 Å². The molecule has 0 bridgehead atoms. The molecule has 0 atom stereocenters. The lowest BCUT2D eigenvalue weighted by molar-refractivity contribution is 0.756. The van der Waals surface area contributed by atoms with Gasteiger partial charge in [0.2, 0.25) is 0 Å². The Kier molecular flexibility index (Phi) is 2.58. The van der Waals surface area contributed by atoms with E-state index in [0.717, 1.165) is 11.4 Å². The van der Waals surface area contributed by atoms with Crippen LogP contribution >= 0.6 is 0 Å². The van der Waals surface area contributed by atoms with Crippen molar-refractivity contribution in [3.05, 3.63) is 24.3 Å². The van der Waals surface area contributed by atoms with E-state index in [0.29, 0.717) is 6.04 Å². The fourth-order valence-corrected chi connectivity index (χ4v) is 1.09. The van der Waals surface area contributed by atoms with Crippen molar-refractivity contribution in [1.82, 2.24) is 0 Å². The molecule has 2 nitrogen and oxygen atoms in total. The highest BCUT2D eigenvalue weighted by atomic mass is 15.1. The second kappa shape index (κ2) is 3.48. The summed E-state index contributed by atoms with van der Waals surface area (Å²) in [4.78, 5) is 2.16. The first-order chi connectivity index (χ1) is 5.63. The van der Waals surface area contributed by atoms with Gasteiger partial charge >= 0.3 is 0 Å². The van der Waals surface area contributed by atoms with Crippen molar-refractivity contribution in [3.8, 4) is 0 Å². The Balaban J connectivity index is 2.94. The molecule has 0 spiro atoms. The summed E-state index contributed by atoms with van der Waals surface area (Å²) in [5.74, 6) is 0. The molecule has 1 aromatic carbocycles. The Morgan fingerprint density at radius 1 is 1.25 bits per heavy atom. The van der Waals surface area contributed by atoms with Crippen LogP contribution in [0.1, 0.15) is 13.8 Å². The lowest BCUT2D eigenvalue weighted by Crippen LogP contribution is -2.26. The largest absolute Gasteiger partial charge is 0.397 e. The van der Waals surface area contributed by atoms with Crippen LogP contribution in [0.3, 0.4) is 0 Å². The summed E-state index contributed by atoms with van der Waals surface area (Å²) in [5, 5.41) is 0. The van der Waals surface area contributed by atoms with Crippen LogP contribution in [0.15, 0.2) is 24.3 Å². The predicted molar refractivity (Wildman–Crippen MR) is 54.4 cm³/mol. The first-order valence-electron chi connectivity index (χ1n) is 4.20. The third kappa shape index (κ3) is 1.70. The van der Waals surface area contributed by atoms with Crippen molar-refractivity contribution in [1.29, 1.82) is 0 Å². The fraction of sp³-hybridized carbons (Fsp3) is 0.400. The number of nitrogens with zero attached hydrogens (tertiary/aromatic N) is 1. The summed E-state index contributed by atoms with van der Waals surface area (Å²) < 4.78 is 0. The molecular weight excluding hydrogens is 148 g/mol. The molecule has 0 amide bonds. The van der Waals surface area contributed by atoms with E-state index >= 15 is 0 Å². The van der Waals surface area contributed by atoms with Crippen LogP contribution in [-0.2, 0) is 0 Å². The van der Waals surface area contributed by atoms with Crippen molar-refractivity contribution in [2.75, 3.05) is 17.7 Å². The van der Waals surface area contributed by atoms with E-state index in [1.54, 1.807) is 0 Å². The summed E-state index contributed by atoms with van der Waals surface area (Å²) in [6.45, 7) is 4.29. The van der Waals surface area contributed by atoms with Gasteiger partial charge in [0.1, 0.15) is 0 Å². The molecule has 0 saturated carbocycles. The number of nitrogens with two attached hydrogens (primary N) is 1. The summed E-state index contributed by atoms with van der Waals surface area (Å²) >= 11 is 0. The van der Waals surface area contributed by atoms with Gasteiger partial charge in [0.05, 0.1) is 11.4 Å². The quantitative estimate of drug-likeness (QED) is 0.678. The van der Waals surface area contributed by atoms with Gasteiger partial charge in [0.15, 0.2) is 0 Å². The lowest BCUT2D eigenvalue weighted by Gasteiger charge is -2.24. The Hall–Kier alpha value is -1.18. The molecule has 2 heteroatoms. The molecule has 1 rings (SSSR count). The average Bonchev–Trinajstić information content (AvgIpc) is 2.04. The molecule has 0 aliphatic rings. The van der Waals surface area contributed by atoms with Gasteiger partial charge in [0, 0.05) is 13.1 Å². The van der Waals surface area contributed by atoms with Crippen LogP contribution in [0.25, 0.3) is 0 Å². The van der Waals surface area contributed by atoms with Gasteiger partial charge in [-0.25, -0.2) is 0 Å². The van der Waals surface area contributed by atoms with Gasteiger partial charge in [-0.2, -0.15) is 0 Å². The van der Waals surface area contributed by atoms with Gasteiger partial charge in [-0.05, 0) is 26.0 Å². The Morgan fingerprint density at radius 2 is 1.83 bits per heavy atom. The number of para-hydroxylation sites is 2. The molecule has 0 heterocycles. The molecule has 12 heavy (non-hydrogen) atoms. The lowest BCUT2D eigenvalue weighted by atomic mass is 10.2. The number of nitrogen functional groups attached to an aromatic ring is 1. The minimum Gasteiger partial charge on any atom is -0.397 e. The van der Waals surface area contributed by atoms with Gasteiger partial charge in [-0.3, -0.25) is 0 Å². The molecule has 2 N–H and O–H groups in total. The molecule has 0 saturated heterocycles. The molecular formula is C10H16N2. The molecule has 66 valence electrons. The highest BCUT2D eigenvalue weighted by molar-refractivity contribution is 5.67. The summed E-state index contributed by atoms with van der Waals surface area (Å²) in [7, 11) is 2.05. The molecule has 0 unspecified atom stereocenters. The number of anilines is 2. The summed E-state index contributed by atoms with van der Waals surface area (Å²) in [5.41, 5.74) is 7.76. The Bertz CT molecular complexity index is 256. The standard InChI is InChI=1S/C10H16N2/c1-8(2)12(3)10-7-5-4-6-9(10)11/h4-8H,11H2,1-3H3. The summed E-state index contributed by atoms with van der Waals surface area (Å²) in [6, 6.07) is 8.40. The molecule has 1 aromatic rings. The topological polar surface area (TPSA) is 29.3 Å². The zero-order valence-corrected chi connectivity index (χ0v) is 7.91. The Morgan fingerprint density at radius 3 is 2.33 bits per heavy atom. The van der Waals surface area contributed by atoms with E-state index in [9.17, 15) is 0 Å². The zero-order valence-electron chi connectivity index (χ0n) is 7.91. The second-order valence-electron chi connectivity index (χ2n) is 3.26. The van der Waals surface area contributed by atoms with E-state index in [1.165, 1.54) is 0 Å². The van der Waals surface area contributed by atoms with Crippen molar-refractivity contribution < 1.29 is 0 Å². The molecule has 0 fully saturated rings. The van der Waals surface area contributed by atoms with Crippen molar-refractivity contribution in [2.45, 2.75) is 19.9 Å². The van der Waals surface area contributed by atoms with E-state index in [4.69, 9.17) is 5.73 Å². The minimum absolute atomic E-state index is 0.481. The number of hydrogen-bond acceptors (Lipinski definition) is 2. The van der Waals surface area contributed by atoms with Crippen LogP contribution in [0.2, 0.25) is 0 Å². The van der Waals surface area contributed by atoms with E-state index in [1.807, 2.05) is 24.3 Å². The monoisotopic (exact) mass is 164 g/mol. The average molecular weight is 164 g/mol. The maximum absolute atomic E-state index is 5.82. The fourth-order valence-electron chi connectivity index (χ4n) is 1.09. The second-order valence-corrected chi connectivity index (χ2v) is 3.26. The van der Waals surface area contributed by atoms with Gasteiger partial charge < -0.3 is 10.6 Å². The first kappa shape index (κ1) is 8.91. The molecule has 0 radical (unpaired) electrons. The number of rotatable bonds is 2. The summed E-state index contributed by atoms with van der Waals surface area (Å²) in [6.07, 6.45) is 0. The molecule has 0 aromatic heterocycles. The highest BCUT2D eigenvalue weighted by Crippen LogP contribution is 2.22. The first-order valence-corrected chi connectivity index (χ1v) is 4.20. The normalized spacial score (nSPS) is 10.3. The minimum atomic E-state index is 0.481. The smallest absolute Gasteiger partial charge is 0.0599 e. The SMILES string of the molecule is CC(C)N(C)c1ccccc1N. The van der Waals surface area contributed by atoms with E-state index in [-0.39, 0.29) is 0 Å². The van der Waals surface area contributed by atoms with Crippen LogP contribution in [0.5, 0.6) is 0 Å². The maximum Gasteiger partial charge on any atom is 0.0599 e. The van der Waals surface area contributed by atoms with Crippen LogP contribution in [-0.4, -0.2) is 13.1 Å². The predicted octanol–water partition coefficient (Wildman–Crippen LogP) is 2.11. The van der Waals surface area contributed by atoms with Gasteiger partial charge in [0.25, 0.3) is 0 Å². The van der Waals surface area contributed by atoms with E-state index < -0.39 is 0 Å². The third-order valence-electron chi connectivity index (χ3n) is 2.09. The van der Waals surface area contributed by atoms with E-state index in [2.05, 4.69) is 25.8 Å². The Labute approximate surface area is 74.0 Å². The maximum atomic E-state index is 5.82. The van der Waals surface area contributed by atoms with Crippen molar-refractivity contribution >= 4 is 11.4 Å². The van der Waals surface area contributed by atoms with Gasteiger partial charge in [-0.15, -0.1) is 0 Å². The van der Waals surface area contributed by atoms with Crippen LogP contribution < -0.4 is 10.6 Å². The van der Waals surface area contributed by atoms with Crippen LogP contribution in [0, 0.1) is 0 Å². The van der Waals surface area contributed by atoms with Crippen molar-refractivity contribution in [3.63, 3.8) is 0 Å². The third-order valence-corrected chi connectivity index (χ3v) is 2.09. The molecule has 0 aliphatic heterocycles. The zero-order chi connectivity index (χ0) is 9.14. The van der Waals surface area contributed by atoms with Crippen molar-refractivity contribution in [2.24, 2.45) is 0 Å². The number of hydrogen-bond donors (Lipinski definition) is 1. The molecule has 0 aliphatic carbocycles.